The van der Waals surface area contributed by atoms with E-state index in [4.69, 9.17) is 4.74 Å². The third kappa shape index (κ3) is 8.01. The Labute approximate surface area is 223 Å². The quantitative estimate of drug-likeness (QED) is 0.269. The first-order chi connectivity index (χ1) is 17.6. The average Bonchev–Trinajstić information content (AvgIpc) is 2.85. The lowest BCUT2D eigenvalue weighted by atomic mass is 9.72. The molecule has 208 valence electrons. The van der Waals surface area contributed by atoms with Gasteiger partial charge >= 0.3 is 6.03 Å². The maximum atomic E-state index is 13.0. The van der Waals surface area contributed by atoms with Crippen molar-refractivity contribution in [3.05, 3.63) is 35.4 Å². The monoisotopic (exact) mass is 516 g/mol. The second kappa shape index (κ2) is 14.5. The minimum atomic E-state index is -0.769. The van der Waals surface area contributed by atoms with Gasteiger partial charge in [0.15, 0.2) is 6.23 Å². The van der Waals surface area contributed by atoms with Gasteiger partial charge in [-0.15, -0.1) is 0 Å². The number of benzene rings is 1. The fraction of sp³-hybridized carbons (Fsp3) is 0.690. The number of carbonyl (C=O) groups excluding carboxylic acids is 3. The van der Waals surface area contributed by atoms with Crippen molar-refractivity contribution in [3.8, 4) is 0 Å². The number of amides is 4. The van der Waals surface area contributed by atoms with Gasteiger partial charge in [0.2, 0.25) is 11.8 Å². The van der Waals surface area contributed by atoms with E-state index >= 15 is 0 Å². The van der Waals surface area contributed by atoms with Gasteiger partial charge < -0.3 is 15.4 Å². The van der Waals surface area contributed by atoms with Gasteiger partial charge in [0.05, 0.1) is 5.41 Å². The van der Waals surface area contributed by atoms with Crippen LogP contribution in [0.15, 0.2) is 24.3 Å². The van der Waals surface area contributed by atoms with Gasteiger partial charge in [-0.3, -0.25) is 14.5 Å². The summed E-state index contributed by atoms with van der Waals surface area (Å²) in [7, 11) is 0. The number of rotatable bonds is 15. The third-order valence-corrected chi connectivity index (χ3v) is 7.51. The molecule has 1 atom stereocenters. The largest absolute Gasteiger partial charge is 0.353 e. The lowest BCUT2D eigenvalue weighted by Gasteiger charge is -2.53. The van der Waals surface area contributed by atoms with Crippen LogP contribution in [0.2, 0.25) is 0 Å². The zero-order valence-electron chi connectivity index (χ0n) is 23.9. The van der Waals surface area contributed by atoms with Crippen molar-refractivity contribution in [1.82, 2.24) is 20.4 Å². The summed E-state index contributed by atoms with van der Waals surface area (Å²) < 4.78 is 5.91. The van der Waals surface area contributed by atoms with Crippen LogP contribution in [0.3, 0.4) is 0 Å². The van der Waals surface area contributed by atoms with E-state index in [9.17, 15) is 14.4 Å². The number of imide groups is 1. The summed E-state index contributed by atoms with van der Waals surface area (Å²) in [5, 5.41) is 5.76. The molecule has 1 aliphatic rings. The van der Waals surface area contributed by atoms with E-state index in [-0.39, 0.29) is 18.4 Å². The van der Waals surface area contributed by atoms with Gasteiger partial charge in [-0.1, -0.05) is 43.7 Å². The van der Waals surface area contributed by atoms with Crippen molar-refractivity contribution >= 4 is 17.8 Å². The van der Waals surface area contributed by atoms with Gasteiger partial charge in [0.25, 0.3) is 0 Å². The average molecular weight is 517 g/mol. The Balaban J connectivity index is 1.83. The first-order valence-electron chi connectivity index (χ1n) is 13.9. The summed E-state index contributed by atoms with van der Waals surface area (Å²) in [6.45, 7) is 16.0. The number of hydrogen-bond acceptors (Lipinski definition) is 5. The normalized spacial score (nSPS) is 16.9. The van der Waals surface area contributed by atoms with Crippen LogP contribution < -0.4 is 10.6 Å². The number of ether oxygens (including phenoxy) is 1. The Hall–Kier alpha value is -2.45. The van der Waals surface area contributed by atoms with Crippen LogP contribution in [0, 0.1) is 12.3 Å². The number of carbonyl (C=O) groups is 3. The molecule has 0 bridgehead atoms. The van der Waals surface area contributed by atoms with E-state index in [1.165, 1.54) is 11.1 Å². The predicted octanol–water partition coefficient (Wildman–Crippen LogP) is 4.25. The zero-order valence-corrected chi connectivity index (χ0v) is 23.9. The molecule has 0 spiro atoms. The van der Waals surface area contributed by atoms with Crippen LogP contribution in [0.5, 0.6) is 0 Å². The second-order valence-electron chi connectivity index (χ2n) is 10.7. The molecule has 0 radical (unpaired) electrons. The van der Waals surface area contributed by atoms with Gasteiger partial charge in [-0.05, 0) is 72.3 Å². The summed E-state index contributed by atoms with van der Waals surface area (Å²) in [4.78, 5) is 41.8. The number of β-lactam (4-membered cyclic amide) rings is 1. The minimum Gasteiger partial charge on any atom is -0.353 e. The molecule has 0 saturated carbocycles. The molecule has 1 heterocycles. The summed E-state index contributed by atoms with van der Waals surface area (Å²) in [5.74, 6) is -0.478. The Bertz CT molecular complexity index is 872. The van der Waals surface area contributed by atoms with E-state index in [0.717, 1.165) is 30.7 Å². The number of nitrogens with one attached hydrogen (secondary N) is 2. The summed E-state index contributed by atoms with van der Waals surface area (Å²) in [5.41, 5.74) is 1.75. The van der Waals surface area contributed by atoms with Gasteiger partial charge in [0.1, 0.15) is 6.61 Å². The van der Waals surface area contributed by atoms with Crippen molar-refractivity contribution in [1.29, 1.82) is 0 Å². The van der Waals surface area contributed by atoms with Crippen LogP contribution in [-0.2, 0) is 20.7 Å². The van der Waals surface area contributed by atoms with Crippen LogP contribution >= 0.6 is 0 Å². The molecule has 1 aromatic rings. The topological polar surface area (TPSA) is 91.0 Å². The number of unbranched alkanes of at least 4 members (excludes halogenated alkanes) is 1. The fourth-order valence-electron chi connectivity index (χ4n) is 5.10. The molecule has 2 N–H and O–H groups in total. The first kappa shape index (κ1) is 30.8. The number of likely N-dealkylation sites (tertiary alicyclic amines) is 1. The molecule has 0 unspecified atom stereocenters. The fourth-order valence-corrected chi connectivity index (χ4v) is 5.10. The molecule has 0 aliphatic carbocycles. The Kier molecular flexibility index (Phi) is 12.0. The molecular weight excluding hydrogens is 468 g/mol. The molecule has 1 aromatic carbocycles. The molecule has 1 saturated heterocycles. The van der Waals surface area contributed by atoms with E-state index in [1.807, 2.05) is 13.8 Å². The van der Waals surface area contributed by atoms with Crippen LogP contribution in [0.4, 0.5) is 4.79 Å². The van der Waals surface area contributed by atoms with Crippen molar-refractivity contribution in [2.75, 3.05) is 26.2 Å². The van der Waals surface area contributed by atoms with Crippen molar-refractivity contribution in [2.24, 2.45) is 5.41 Å². The minimum absolute atomic E-state index is 0.191. The molecule has 4 amide bonds. The van der Waals surface area contributed by atoms with E-state index < -0.39 is 17.7 Å². The lowest BCUT2D eigenvalue weighted by Crippen LogP contribution is -2.72. The highest BCUT2D eigenvalue weighted by Crippen LogP contribution is 2.45. The predicted molar refractivity (Wildman–Crippen MR) is 147 cm³/mol. The third-order valence-electron chi connectivity index (χ3n) is 7.51. The van der Waals surface area contributed by atoms with Crippen molar-refractivity contribution < 1.29 is 19.1 Å². The van der Waals surface area contributed by atoms with Crippen LogP contribution in [0.1, 0.15) is 78.4 Å². The number of nitrogens with zero attached hydrogens (tertiary/aromatic N) is 2. The first-order valence-corrected chi connectivity index (χ1v) is 13.9. The van der Waals surface area contributed by atoms with Gasteiger partial charge in [-0.25, -0.2) is 9.69 Å². The SMILES string of the molecule is CCC1(CC)C(=O)N(C(=O)NCCCCc2ccc(C)cc2)[C@H]1OCC(=O)NCCN(C(C)C)C(C)C. The molecule has 2 rings (SSSR count). The highest BCUT2D eigenvalue weighted by molar-refractivity contribution is 6.03. The summed E-state index contributed by atoms with van der Waals surface area (Å²) in [6, 6.07) is 8.79. The molecule has 8 nitrogen and oxygen atoms in total. The smallest absolute Gasteiger partial charge is 0.326 e. The summed E-state index contributed by atoms with van der Waals surface area (Å²) >= 11 is 0. The molecular formula is C29H48N4O4. The number of aryl methyl sites for hydroxylation is 2. The zero-order chi connectivity index (χ0) is 27.6. The Morgan fingerprint density at radius 1 is 1.00 bits per heavy atom. The Morgan fingerprint density at radius 3 is 2.19 bits per heavy atom. The molecule has 1 aliphatic heterocycles. The van der Waals surface area contributed by atoms with Crippen molar-refractivity contribution in [3.63, 3.8) is 0 Å². The lowest BCUT2D eigenvalue weighted by molar-refractivity contribution is -0.210. The van der Waals surface area contributed by atoms with Gasteiger partial charge in [0, 0.05) is 31.7 Å². The summed E-state index contributed by atoms with van der Waals surface area (Å²) in [6.07, 6.45) is 3.05. The van der Waals surface area contributed by atoms with Crippen LogP contribution in [-0.4, -0.2) is 72.2 Å². The standard InChI is InChI=1S/C29H48N4O4/c1-8-29(9-2)26(35)33(28(36)31-17-11-10-12-24-15-13-23(7)14-16-24)27(29)37-20-25(34)30-18-19-32(21(3)4)22(5)6/h13-16,21-22,27H,8-12,17-20H2,1-7H3,(H,30,34)(H,31,36)/t27-/m0/s1. The highest BCUT2D eigenvalue weighted by atomic mass is 16.5. The van der Waals surface area contributed by atoms with Gasteiger partial charge in [-0.2, -0.15) is 0 Å². The van der Waals surface area contributed by atoms with Crippen LogP contribution in [0.25, 0.3) is 0 Å². The molecule has 8 heteroatoms. The number of hydrogen-bond donors (Lipinski definition) is 2. The maximum absolute atomic E-state index is 13.0. The molecule has 0 aromatic heterocycles. The van der Waals surface area contributed by atoms with E-state index in [1.54, 1.807) is 0 Å². The Morgan fingerprint density at radius 2 is 1.62 bits per heavy atom. The number of urea groups is 1. The van der Waals surface area contributed by atoms with Crippen molar-refractivity contribution in [2.45, 2.75) is 98.9 Å². The molecule has 1 fully saturated rings. The van der Waals surface area contributed by atoms with E-state index in [0.29, 0.717) is 38.0 Å². The highest BCUT2D eigenvalue weighted by Gasteiger charge is 2.61. The maximum Gasteiger partial charge on any atom is 0.326 e. The van der Waals surface area contributed by atoms with E-state index in [2.05, 4.69) is 74.4 Å². The molecule has 37 heavy (non-hydrogen) atoms. The second-order valence-corrected chi connectivity index (χ2v) is 10.7.